The minimum absolute atomic E-state index is 0.0693. The van der Waals surface area contributed by atoms with Gasteiger partial charge in [-0.05, 0) is 50.7 Å². The summed E-state index contributed by atoms with van der Waals surface area (Å²) < 4.78 is 7.46. The number of ether oxygens (including phenoxy) is 1. The van der Waals surface area contributed by atoms with Crippen molar-refractivity contribution in [1.82, 2.24) is 19.5 Å². The summed E-state index contributed by atoms with van der Waals surface area (Å²) in [6.07, 6.45) is 6.82. The molecule has 12 heteroatoms. The summed E-state index contributed by atoms with van der Waals surface area (Å²) in [7, 11) is 0. The van der Waals surface area contributed by atoms with Gasteiger partial charge in [-0.2, -0.15) is 4.98 Å². The Balaban J connectivity index is 1.33. The zero-order chi connectivity index (χ0) is 25.0. The van der Waals surface area contributed by atoms with Gasteiger partial charge in [0, 0.05) is 28.4 Å². The van der Waals surface area contributed by atoms with Crippen LogP contribution in [-0.2, 0) is 9.53 Å². The Morgan fingerprint density at radius 3 is 2.39 bits per heavy atom. The number of amides is 1. The molecule has 1 saturated heterocycles. The first-order valence-electron chi connectivity index (χ1n) is 12.1. The smallest absolute Gasteiger partial charge is 0.224 e. The average Bonchev–Trinajstić information content (AvgIpc) is 3.14. The molecule has 9 nitrogen and oxygen atoms in total. The maximum atomic E-state index is 11.7. The summed E-state index contributed by atoms with van der Waals surface area (Å²) in [6, 6.07) is 3.66. The van der Waals surface area contributed by atoms with Gasteiger partial charge in [0.25, 0.3) is 0 Å². The number of nitrogens with zero attached hydrogens (tertiary/aromatic N) is 4. The summed E-state index contributed by atoms with van der Waals surface area (Å²) in [5, 5.41) is 7.99. The number of primary amides is 1. The van der Waals surface area contributed by atoms with Crippen LogP contribution in [0.2, 0.25) is 15.1 Å². The number of halogens is 3. The molecule has 2 aliphatic carbocycles. The molecule has 3 fully saturated rings. The van der Waals surface area contributed by atoms with Crippen LogP contribution in [0.15, 0.2) is 18.3 Å². The molecular weight excluding hydrogens is 525 g/mol. The average molecular weight is 551 g/mol. The first-order valence-corrected chi connectivity index (χ1v) is 13.2. The van der Waals surface area contributed by atoms with Crippen LogP contribution < -0.4 is 16.4 Å². The second-order valence-electron chi connectivity index (χ2n) is 10.2. The Labute approximate surface area is 223 Å². The number of carbonyl (C=O) groups excluding carboxylic acids is 1. The van der Waals surface area contributed by atoms with E-state index < -0.39 is 0 Å². The van der Waals surface area contributed by atoms with E-state index in [1.165, 1.54) is 0 Å². The Kier molecular flexibility index (Phi) is 6.14. The van der Waals surface area contributed by atoms with E-state index in [4.69, 9.17) is 55.2 Å². The molecule has 0 bridgehead atoms. The van der Waals surface area contributed by atoms with E-state index in [0.717, 1.165) is 38.9 Å². The van der Waals surface area contributed by atoms with Gasteiger partial charge in [0.05, 0.1) is 35.1 Å². The van der Waals surface area contributed by atoms with Crippen molar-refractivity contribution >= 4 is 69.5 Å². The lowest BCUT2D eigenvalue weighted by Gasteiger charge is -2.53. The van der Waals surface area contributed by atoms with Crippen molar-refractivity contribution in [2.45, 2.75) is 50.6 Å². The van der Waals surface area contributed by atoms with Crippen molar-refractivity contribution in [2.24, 2.45) is 17.1 Å². The molecule has 36 heavy (non-hydrogen) atoms. The number of hydrogen-bond acceptors (Lipinski definition) is 7. The summed E-state index contributed by atoms with van der Waals surface area (Å²) in [5.74, 6) is 0.773. The number of hydrogen-bond donors (Lipinski definition) is 3. The monoisotopic (exact) mass is 549 g/mol. The molecule has 1 amide bonds. The highest BCUT2D eigenvalue weighted by molar-refractivity contribution is 6.41. The van der Waals surface area contributed by atoms with Crippen LogP contribution in [-0.4, -0.2) is 44.7 Å². The van der Waals surface area contributed by atoms with Crippen LogP contribution in [0.5, 0.6) is 0 Å². The SMILES string of the molecule is NC(=O)[C@H]1CC[C@H](n2c(Nc3c(Cl)cc(Cl)cc3Cl)nc3cnc(NC4CC5(COC5)C4)nc32)CC1. The molecule has 0 unspecified atom stereocenters. The number of benzene rings is 1. The van der Waals surface area contributed by atoms with Crippen molar-refractivity contribution in [1.29, 1.82) is 0 Å². The Morgan fingerprint density at radius 1 is 1.08 bits per heavy atom. The predicted molar refractivity (Wildman–Crippen MR) is 140 cm³/mol. The Hall–Kier alpha value is -2.33. The number of anilines is 3. The van der Waals surface area contributed by atoms with Crippen LogP contribution in [0.3, 0.4) is 0 Å². The van der Waals surface area contributed by atoms with E-state index in [9.17, 15) is 4.79 Å². The highest BCUT2D eigenvalue weighted by atomic mass is 35.5. The van der Waals surface area contributed by atoms with Crippen molar-refractivity contribution < 1.29 is 9.53 Å². The standard InChI is InChI=1S/C24H26Cl3N7O2/c25-13-5-16(26)19(17(27)6-13)32-23-31-18-9-29-22(30-14-7-24(8-14)10-36-11-24)33-21(18)34(23)15-3-1-12(2-4-15)20(28)35/h5-6,9,12,14-15H,1-4,7-8,10-11H2,(H2,28,35)(H,31,32)(H,29,30,33)/t12-,15-. The zero-order valence-electron chi connectivity index (χ0n) is 19.4. The fraction of sp³-hybridized carbons (Fsp3) is 0.500. The normalized spacial score (nSPS) is 23.3. The topological polar surface area (TPSA) is 120 Å². The van der Waals surface area contributed by atoms with Crippen LogP contribution in [0.4, 0.5) is 17.6 Å². The lowest BCUT2D eigenvalue weighted by Crippen LogP contribution is -2.56. The van der Waals surface area contributed by atoms with E-state index in [0.29, 0.717) is 68.1 Å². The molecule has 3 heterocycles. The second kappa shape index (κ2) is 9.20. The van der Waals surface area contributed by atoms with Gasteiger partial charge >= 0.3 is 0 Å². The van der Waals surface area contributed by atoms with Crippen LogP contribution in [0.1, 0.15) is 44.6 Å². The third kappa shape index (κ3) is 4.36. The molecule has 6 rings (SSSR count). The molecule has 4 N–H and O–H groups in total. The Bertz CT molecular complexity index is 1300. The maximum Gasteiger partial charge on any atom is 0.224 e. The first kappa shape index (κ1) is 24.0. The fourth-order valence-corrected chi connectivity index (χ4v) is 6.59. The number of nitrogens with two attached hydrogens (primary N) is 1. The van der Waals surface area contributed by atoms with E-state index in [1.807, 2.05) is 0 Å². The van der Waals surface area contributed by atoms with Crippen LogP contribution >= 0.6 is 34.8 Å². The third-order valence-electron chi connectivity index (χ3n) is 7.65. The van der Waals surface area contributed by atoms with Gasteiger partial charge in [0.1, 0.15) is 5.52 Å². The summed E-state index contributed by atoms with van der Waals surface area (Å²) in [6.45, 7) is 1.69. The number of aromatic nitrogens is 4. The minimum Gasteiger partial charge on any atom is -0.380 e. The maximum absolute atomic E-state index is 11.7. The minimum atomic E-state index is -0.244. The predicted octanol–water partition coefficient (Wildman–Crippen LogP) is 5.34. The number of rotatable bonds is 6. The lowest BCUT2D eigenvalue weighted by molar-refractivity contribution is -0.160. The molecule has 0 radical (unpaired) electrons. The van der Waals surface area contributed by atoms with E-state index in [1.54, 1.807) is 18.3 Å². The van der Waals surface area contributed by atoms with E-state index >= 15 is 0 Å². The van der Waals surface area contributed by atoms with Gasteiger partial charge in [0.15, 0.2) is 5.65 Å². The molecule has 190 valence electrons. The first-order chi connectivity index (χ1) is 17.3. The van der Waals surface area contributed by atoms with E-state index in [-0.39, 0.29) is 17.9 Å². The molecule has 2 aromatic heterocycles. The summed E-state index contributed by atoms with van der Waals surface area (Å²) >= 11 is 19.0. The van der Waals surface area contributed by atoms with E-state index in [2.05, 4.69) is 20.2 Å². The Morgan fingerprint density at radius 2 is 1.78 bits per heavy atom. The molecule has 1 aromatic carbocycles. The van der Waals surface area contributed by atoms with Crippen molar-refractivity contribution in [2.75, 3.05) is 23.8 Å². The molecule has 1 aliphatic heterocycles. The van der Waals surface area contributed by atoms with Gasteiger partial charge in [-0.25, -0.2) is 9.97 Å². The van der Waals surface area contributed by atoms with Crippen LogP contribution in [0, 0.1) is 11.3 Å². The van der Waals surface area contributed by atoms with Crippen molar-refractivity contribution in [3.8, 4) is 0 Å². The number of carbonyl (C=O) groups is 1. The van der Waals surface area contributed by atoms with Crippen molar-refractivity contribution in [3.63, 3.8) is 0 Å². The largest absolute Gasteiger partial charge is 0.380 e. The molecule has 3 aromatic rings. The van der Waals surface area contributed by atoms with Gasteiger partial charge in [0.2, 0.25) is 17.8 Å². The summed E-state index contributed by atoms with van der Waals surface area (Å²) in [4.78, 5) is 25.9. The molecule has 2 saturated carbocycles. The number of imidazole rings is 1. The second-order valence-corrected chi connectivity index (χ2v) is 11.5. The molecule has 0 atom stereocenters. The van der Waals surface area contributed by atoms with Gasteiger partial charge < -0.3 is 21.1 Å². The third-order valence-corrected chi connectivity index (χ3v) is 8.46. The molecule has 3 aliphatic rings. The van der Waals surface area contributed by atoms with Gasteiger partial charge in [-0.15, -0.1) is 0 Å². The van der Waals surface area contributed by atoms with Gasteiger partial charge in [-0.1, -0.05) is 34.8 Å². The fourth-order valence-electron chi connectivity index (χ4n) is 5.68. The van der Waals surface area contributed by atoms with Gasteiger partial charge in [-0.3, -0.25) is 9.36 Å². The zero-order valence-corrected chi connectivity index (χ0v) is 21.7. The quantitative estimate of drug-likeness (QED) is 0.379. The molecular formula is C24H26Cl3N7O2. The molecule has 1 spiro atoms. The van der Waals surface area contributed by atoms with Crippen molar-refractivity contribution in [3.05, 3.63) is 33.4 Å². The summed E-state index contributed by atoms with van der Waals surface area (Å²) in [5.41, 5.74) is 7.79. The highest BCUT2D eigenvalue weighted by Crippen LogP contribution is 2.48. The lowest BCUT2D eigenvalue weighted by atomic mass is 9.64. The highest BCUT2D eigenvalue weighted by Gasteiger charge is 2.50. The van der Waals surface area contributed by atoms with Crippen LogP contribution in [0.25, 0.3) is 11.2 Å². The number of nitrogens with one attached hydrogen (secondary N) is 2. The number of fused-ring (bicyclic) bond motifs is 1.